The van der Waals surface area contributed by atoms with E-state index in [1.165, 1.54) is 12.0 Å². The van der Waals surface area contributed by atoms with Crippen LogP contribution in [-0.2, 0) is 14.7 Å². The summed E-state index contributed by atoms with van der Waals surface area (Å²) < 4.78 is 4.87. The molecule has 70 valence electrons. The van der Waals surface area contributed by atoms with E-state index in [4.69, 9.17) is 4.18 Å². The predicted molar refractivity (Wildman–Crippen MR) is 54.1 cm³/mol. The molecule has 3 heteroatoms. The first-order valence-electron chi connectivity index (χ1n) is 4.19. The monoisotopic (exact) mass is 196 g/mol. The van der Waals surface area contributed by atoms with Gasteiger partial charge in [-0.3, -0.25) is 4.79 Å². The Labute approximate surface area is 82.5 Å². The second kappa shape index (κ2) is 5.65. The lowest BCUT2D eigenvalue weighted by Crippen LogP contribution is -1.95. The Morgan fingerprint density at radius 2 is 2.08 bits per heavy atom. The van der Waals surface area contributed by atoms with Crippen molar-refractivity contribution in [3.05, 3.63) is 35.9 Å². The SMILES string of the molecule is CCC(=O)OSCc1ccccc1. The van der Waals surface area contributed by atoms with Crippen LogP contribution in [0, 0.1) is 0 Å². The molecule has 13 heavy (non-hydrogen) atoms. The van der Waals surface area contributed by atoms with E-state index in [2.05, 4.69) is 0 Å². The second-order valence-electron chi connectivity index (χ2n) is 2.56. The van der Waals surface area contributed by atoms with Gasteiger partial charge in [0.15, 0.2) is 0 Å². The van der Waals surface area contributed by atoms with Crippen molar-refractivity contribution in [1.29, 1.82) is 0 Å². The van der Waals surface area contributed by atoms with Gasteiger partial charge in [-0.1, -0.05) is 37.3 Å². The molecule has 0 amide bonds. The number of hydrogen-bond acceptors (Lipinski definition) is 3. The summed E-state index contributed by atoms with van der Waals surface area (Å²) in [5.41, 5.74) is 1.16. The fourth-order valence-electron chi connectivity index (χ4n) is 0.796. The van der Waals surface area contributed by atoms with Crippen molar-refractivity contribution in [2.45, 2.75) is 19.1 Å². The molecule has 0 spiro atoms. The fraction of sp³-hybridized carbons (Fsp3) is 0.300. The van der Waals surface area contributed by atoms with Crippen molar-refractivity contribution in [2.75, 3.05) is 0 Å². The van der Waals surface area contributed by atoms with Crippen LogP contribution in [0.5, 0.6) is 0 Å². The van der Waals surface area contributed by atoms with Crippen molar-refractivity contribution in [1.82, 2.24) is 0 Å². The summed E-state index contributed by atoms with van der Waals surface area (Å²) in [7, 11) is 0. The van der Waals surface area contributed by atoms with Crippen LogP contribution in [-0.4, -0.2) is 5.97 Å². The van der Waals surface area contributed by atoms with Gasteiger partial charge in [-0.15, -0.1) is 0 Å². The molecule has 0 unspecified atom stereocenters. The minimum Gasteiger partial charge on any atom is -0.391 e. The van der Waals surface area contributed by atoms with E-state index in [1.807, 2.05) is 30.3 Å². The molecule has 0 saturated heterocycles. The first-order valence-corrected chi connectivity index (χ1v) is 5.10. The largest absolute Gasteiger partial charge is 0.391 e. The Hall–Kier alpha value is -0.960. The molecule has 2 nitrogen and oxygen atoms in total. The zero-order valence-electron chi connectivity index (χ0n) is 7.53. The summed E-state index contributed by atoms with van der Waals surface area (Å²) in [6.45, 7) is 1.78. The molecule has 0 radical (unpaired) electrons. The van der Waals surface area contributed by atoms with Crippen molar-refractivity contribution in [3.63, 3.8) is 0 Å². The minimum atomic E-state index is -0.166. The summed E-state index contributed by atoms with van der Waals surface area (Å²) >= 11 is 1.19. The summed E-state index contributed by atoms with van der Waals surface area (Å²) in [6.07, 6.45) is 0.432. The number of rotatable bonds is 4. The quantitative estimate of drug-likeness (QED) is 0.693. The molecule has 0 heterocycles. The average molecular weight is 196 g/mol. The number of hydrogen-bond donors (Lipinski definition) is 0. The minimum absolute atomic E-state index is 0.166. The van der Waals surface area contributed by atoms with Gasteiger partial charge in [-0.2, -0.15) is 0 Å². The number of carbonyl (C=O) groups is 1. The maximum atomic E-state index is 10.8. The fourth-order valence-corrected chi connectivity index (χ4v) is 1.43. The van der Waals surface area contributed by atoms with E-state index in [0.29, 0.717) is 12.2 Å². The van der Waals surface area contributed by atoms with Gasteiger partial charge in [0.05, 0.1) is 17.8 Å². The first kappa shape index (κ1) is 10.1. The Bertz CT molecular complexity index is 259. The van der Waals surface area contributed by atoms with Gasteiger partial charge in [-0.25, -0.2) is 0 Å². The zero-order chi connectivity index (χ0) is 9.52. The third kappa shape index (κ3) is 3.99. The van der Waals surface area contributed by atoms with E-state index in [0.717, 1.165) is 5.56 Å². The maximum Gasteiger partial charge on any atom is 0.317 e. The van der Waals surface area contributed by atoms with Crippen LogP contribution in [0.3, 0.4) is 0 Å². The van der Waals surface area contributed by atoms with Crippen molar-refractivity contribution >= 4 is 18.0 Å². The van der Waals surface area contributed by atoms with E-state index in [9.17, 15) is 4.79 Å². The highest BCUT2D eigenvalue weighted by Gasteiger charge is 1.99. The molecule has 0 aliphatic heterocycles. The Balaban J connectivity index is 2.24. The third-order valence-corrected chi connectivity index (χ3v) is 2.26. The van der Waals surface area contributed by atoms with Gasteiger partial charge in [0.2, 0.25) is 0 Å². The van der Waals surface area contributed by atoms with Gasteiger partial charge in [-0.05, 0) is 5.56 Å². The highest BCUT2D eigenvalue weighted by Crippen LogP contribution is 2.13. The van der Waals surface area contributed by atoms with Crippen LogP contribution in [0.15, 0.2) is 30.3 Å². The van der Waals surface area contributed by atoms with Gasteiger partial charge < -0.3 is 4.18 Å². The van der Waals surface area contributed by atoms with Crippen LogP contribution in [0.2, 0.25) is 0 Å². The first-order chi connectivity index (χ1) is 6.33. The Morgan fingerprint density at radius 3 is 2.69 bits per heavy atom. The lowest BCUT2D eigenvalue weighted by atomic mass is 10.2. The zero-order valence-corrected chi connectivity index (χ0v) is 8.34. The van der Waals surface area contributed by atoms with Crippen LogP contribution in [0.4, 0.5) is 0 Å². The van der Waals surface area contributed by atoms with Crippen molar-refractivity contribution < 1.29 is 8.98 Å². The van der Waals surface area contributed by atoms with Crippen LogP contribution in [0.1, 0.15) is 18.9 Å². The summed E-state index contributed by atoms with van der Waals surface area (Å²) in [6, 6.07) is 9.92. The molecule has 0 N–H and O–H groups in total. The molecular formula is C10H12O2S. The number of benzene rings is 1. The Kier molecular flexibility index (Phi) is 4.40. The molecule has 1 aromatic carbocycles. The van der Waals surface area contributed by atoms with Crippen molar-refractivity contribution in [3.8, 4) is 0 Å². The standard InChI is InChI=1S/C10H12O2S/c1-2-10(11)12-13-8-9-6-4-3-5-7-9/h3-7H,2,8H2,1H3. The topological polar surface area (TPSA) is 26.3 Å². The molecule has 0 saturated carbocycles. The van der Waals surface area contributed by atoms with Crippen molar-refractivity contribution in [2.24, 2.45) is 0 Å². The van der Waals surface area contributed by atoms with E-state index in [-0.39, 0.29) is 5.97 Å². The summed E-state index contributed by atoms with van der Waals surface area (Å²) in [4.78, 5) is 10.8. The van der Waals surface area contributed by atoms with Crippen LogP contribution >= 0.6 is 12.0 Å². The van der Waals surface area contributed by atoms with Gasteiger partial charge >= 0.3 is 5.97 Å². The molecule has 1 aromatic rings. The highest BCUT2D eigenvalue weighted by atomic mass is 32.2. The molecule has 0 aliphatic carbocycles. The second-order valence-corrected chi connectivity index (χ2v) is 3.25. The van der Waals surface area contributed by atoms with E-state index >= 15 is 0 Å². The summed E-state index contributed by atoms with van der Waals surface area (Å²) in [5, 5.41) is 0. The normalized spacial score (nSPS) is 9.62. The maximum absolute atomic E-state index is 10.8. The highest BCUT2D eigenvalue weighted by molar-refractivity contribution is 7.94. The number of carbonyl (C=O) groups excluding carboxylic acids is 1. The Morgan fingerprint density at radius 1 is 1.38 bits per heavy atom. The van der Waals surface area contributed by atoms with Gasteiger partial charge in [0, 0.05) is 6.42 Å². The van der Waals surface area contributed by atoms with E-state index in [1.54, 1.807) is 6.92 Å². The molecule has 0 fully saturated rings. The third-order valence-electron chi connectivity index (χ3n) is 1.51. The molecule has 0 bridgehead atoms. The molecule has 1 rings (SSSR count). The van der Waals surface area contributed by atoms with Gasteiger partial charge in [0.25, 0.3) is 0 Å². The van der Waals surface area contributed by atoms with E-state index < -0.39 is 0 Å². The lowest BCUT2D eigenvalue weighted by molar-refractivity contribution is -0.132. The summed E-state index contributed by atoms with van der Waals surface area (Å²) in [5.74, 6) is 0.549. The molecule has 0 atom stereocenters. The van der Waals surface area contributed by atoms with Gasteiger partial charge in [0.1, 0.15) is 0 Å². The van der Waals surface area contributed by atoms with Crippen LogP contribution in [0.25, 0.3) is 0 Å². The van der Waals surface area contributed by atoms with Crippen LogP contribution < -0.4 is 0 Å². The average Bonchev–Trinajstić information content (AvgIpc) is 2.19. The molecular weight excluding hydrogens is 184 g/mol. The predicted octanol–water partition coefficient (Wildman–Crippen LogP) is 2.79. The molecule has 0 aromatic heterocycles. The lowest BCUT2D eigenvalue weighted by Gasteiger charge is -2.00. The smallest absolute Gasteiger partial charge is 0.317 e. The molecule has 0 aliphatic rings.